The number of hydrogen-bond acceptors (Lipinski definition) is 5. The summed E-state index contributed by atoms with van der Waals surface area (Å²) in [6.07, 6.45) is 8.45. The first-order valence-corrected chi connectivity index (χ1v) is 10.8. The predicted molar refractivity (Wildman–Crippen MR) is 104 cm³/mol. The molecule has 2 rings (SSSR count). The van der Waals surface area contributed by atoms with Crippen molar-refractivity contribution in [2.24, 2.45) is 17.8 Å². The van der Waals surface area contributed by atoms with Crippen LogP contribution in [0.15, 0.2) is 0 Å². The highest BCUT2D eigenvalue weighted by atomic mass is 16.6. The van der Waals surface area contributed by atoms with Gasteiger partial charge >= 0.3 is 11.9 Å². The third-order valence-electron chi connectivity index (χ3n) is 5.92. The molecule has 0 aromatic rings. The summed E-state index contributed by atoms with van der Waals surface area (Å²) in [4.78, 5) is 24.7. The van der Waals surface area contributed by atoms with E-state index in [1.54, 1.807) is 6.92 Å². The number of rotatable bonds is 4. The van der Waals surface area contributed by atoms with E-state index in [1.165, 1.54) is 25.7 Å². The number of carbonyl (C=O) groups excluding carboxylic acids is 2. The Kier molecular flexibility index (Phi) is 8.14. The molecule has 0 aromatic heterocycles. The first-order valence-electron chi connectivity index (χ1n) is 10.8. The lowest BCUT2D eigenvalue weighted by Gasteiger charge is -2.32. The fourth-order valence-corrected chi connectivity index (χ4v) is 4.52. The van der Waals surface area contributed by atoms with E-state index in [0.717, 1.165) is 25.7 Å². The van der Waals surface area contributed by atoms with E-state index in [1.807, 2.05) is 20.8 Å². The molecule has 2 aliphatic rings. The van der Waals surface area contributed by atoms with Crippen LogP contribution < -0.4 is 0 Å². The Morgan fingerprint density at radius 3 is 2.33 bits per heavy atom. The highest BCUT2D eigenvalue weighted by molar-refractivity contribution is 5.80. The van der Waals surface area contributed by atoms with Crippen molar-refractivity contribution in [3.63, 3.8) is 0 Å². The molecule has 0 aromatic carbocycles. The van der Waals surface area contributed by atoms with Crippen molar-refractivity contribution in [2.45, 2.75) is 110 Å². The van der Waals surface area contributed by atoms with Crippen molar-refractivity contribution in [1.29, 1.82) is 0 Å². The molecule has 1 saturated heterocycles. The van der Waals surface area contributed by atoms with E-state index < -0.39 is 23.7 Å². The van der Waals surface area contributed by atoms with Crippen LogP contribution in [0.1, 0.15) is 91.9 Å². The maximum atomic E-state index is 12.6. The minimum atomic E-state index is -0.630. The Morgan fingerprint density at radius 1 is 1.11 bits per heavy atom. The lowest BCUT2D eigenvalue weighted by molar-refractivity contribution is -0.168. The summed E-state index contributed by atoms with van der Waals surface area (Å²) in [7, 11) is 0. The van der Waals surface area contributed by atoms with Crippen molar-refractivity contribution in [3.05, 3.63) is 0 Å². The van der Waals surface area contributed by atoms with E-state index in [0.29, 0.717) is 12.3 Å². The monoisotopic (exact) mass is 382 g/mol. The molecule has 156 valence electrons. The van der Waals surface area contributed by atoms with Crippen LogP contribution in [-0.4, -0.2) is 34.9 Å². The minimum absolute atomic E-state index is 0.0461. The van der Waals surface area contributed by atoms with E-state index in [9.17, 15) is 14.7 Å². The quantitative estimate of drug-likeness (QED) is 0.730. The van der Waals surface area contributed by atoms with E-state index in [-0.39, 0.29) is 24.3 Å². The van der Waals surface area contributed by atoms with Gasteiger partial charge in [-0.2, -0.15) is 0 Å². The molecule has 0 amide bonds. The summed E-state index contributed by atoms with van der Waals surface area (Å²) in [5.74, 6) is -0.336. The molecule has 27 heavy (non-hydrogen) atoms. The van der Waals surface area contributed by atoms with Gasteiger partial charge in [0.2, 0.25) is 0 Å². The van der Waals surface area contributed by atoms with Crippen LogP contribution in [0.4, 0.5) is 0 Å². The SMILES string of the molecule is C[C@@H]1OC(=O)[C@@H](CC(=O)OC(C)(C)C)CCCC[C@H](CC2CCCC2)[C@H]1O. The molecule has 0 radical (unpaired) electrons. The van der Waals surface area contributed by atoms with Crippen LogP contribution >= 0.6 is 0 Å². The smallest absolute Gasteiger partial charge is 0.309 e. The summed E-state index contributed by atoms with van der Waals surface area (Å²) in [5, 5.41) is 10.8. The zero-order valence-corrected chi connectivity index (χ0v) is 17.5. The molecule has 2 fully saturated rings. The fraction of sp³-hybridized carbons (Fsp3) is 0.909. The van der Waals surface area contributed by atoms with Crippen molar-refractivity contribution in [2.75, 3.05) is 0 Å². The summed E-state index contributed by atoms with van der Waals surface area (Å²) in [6, 6.07) is 0. The van der Waals surface area contributed by atoms with Crippen LogP contribution in [0.5, 0.6) is 0 Å². The van der Waals surface area contributed by atoms with Gasteiger partial charge in [0.1, 0.15) is 11.7 Å². The first kappa shape index (κ1) is 22.2. The maximum Gasteiger partial charge on any atom is 0.309 e. The molecule has 1 aliphatic heterocycles. The van der Waals surface area contributed by atoms with E-state index >= 15 is 0 Å². The summed E-state index contributed by atoms with van der Waals surface area (Å²) >= 11 is 0. The topological polar surface area (TPSA) is 72.8 Å². The van der Waals surface area contributed by atoms with Crippen molar-refractivity contribution in [3.8, 4) is 0 Å². The van der Waals surface area contributed by atoms with Crippen LogP contribution in [0.2, 0.25) is 0 Å². The number of aliphatic hydroxyl groups is 1. The van der Waals surface area contributed by atoms with E-state index in [4.69, 9.17) is 9.47 Å². The molecule has 1 N–H and O–H groups in total. The first-order chi connectivity index (χ1) is 12.7. The molecule has 1 heterocycles. The van der Waals surface area contributed by atoms with Crippen molar-refractivity contribution < 1.29 is 24.2 Å². The molecular weight excluding hydrogens is 344 g/mol. The average molecular weight is 383 g/mol. The molecule has 0 spiro atoms. The van der Waals surface area contributed by atoms with Gasteiger partial charge in [0.05, 0.1) is 18.4 Å². The van der Waals surface area contributed by atoms with Gasteiger partial charge in [0, 0.05) is 0 Å². The van der Waals surface area contributed by atoms with Crippen LogP contribution in [0.25, 0.3) is 0 Å². The summed E-state index contributed by atoms with van der Waals surface area (Å²) in [5.41, 5.74) is -0.562. The minimum Gasteiger partial charge on any atom is -0.460 e. The standard InChI is InChI=1S/C22H38O5/c1-15-20(24)17(13-16-9-5-6-10-16)11-7-8-12-18(21(25)26-15)14-19(23)27-22(2,3)4/h15-18,20,24H,5-14H2,1-4H3/t15-,17+,18+,20-/m0/s1. The number of hydrogen-bond donors (Lipinski definition) is 1. The maximum absolute atomic E-state index is 12.6. The van der Waals surface area contributed by atoms with Gasteiger partial charge in [0.25, 0.3) is 0 Å². The van der Waals surface area contributed by atoms with Gasteiger partial charge in [-0.3, -0.25) is 9.59 Å². The van der Waals surface area contributed by atoms with Crippen molar-refractivity contribution in [1.82, 2.24) is 0 Å². The third-order valence-corrected chi connectivity index (χ3v) is 5.92. The second kappa shape index (κ2) is 9.90. The Bertz CT molecular complexity index is 489. The Balaban J connectivity index is 1.95. The zero-order chi connectivity index (χ0) is 20.0. The molecule has 4 atom stereocenters. The van der Waals surface area contributed by atoms with Crippen molar-refractivity contribution >= 4 is 11.9 Å². The van der Waals surface area contributed by atoms with Gasteiger partial charge < -0.3 is 14.6 Å². The Labute approximate surface area is 164 Å². The number of esters is 2. The molecule has 0 unspecified atom stereocenters. The molecule has 0 bridgehead atoms. The number of ether oxygens (including phenoxy) is 2. The molecule has 1 aliphatic carbocycles. The van der Waals surface area contributed by atoms with Gasteiger partial charge in [-0.25, -0.2) is 0 Å². The Morgan fingerprint density at radius 2 is 1.70 bits per heavy atom. The van der Waals surface area contributed by atoms with Gasteiger partial charge in [-0.15, -0.1) is 0 Å². The summed E-state index contributed by atoms with van der Waals surface area (Å²) in [6.45, 7) is 7.23. The highest BCUT2D eigenvalue weighted by Crippen LogP contribution is 2.35. The fourth-order valence-electron chi connectivity index (χ4n) is 4.52. The largest absolute Gasteiger partial charge is 0.460 e. The number of aliphatic hydroxyl groups excluding tert-OH is 1. The molecule has 5 nitrogen and oxygen atoms in total. The number of carbonyl (C=O) groups is 2. The lowest BCUT2D eigenvalue weighted by Crippen LogP contribution is -2.38. The van der Waals surface area contributed by atoms with Gasteiger partial charge in [-0.1, -0.05) is 38.5 Å². The molecular formula is C22H38O5. The van der Waals surface area contributed by atoms with Crippen LogP contribution in [-0.2, 0) is 19.1 Å². The second-order valence-electron chi connectivity index (χ2n) is 9.55. The summed E-state index contributed by atoms with van der Waals surface area (Å²) < 4.78 is 10.9. The third kappa shape index (κ3) is 7.44. The number of cyclic esters (lactones) is 1. The molecule has 5 heteroatoms. The Hall–Kier alpha value is -1.10. The predicted octanol–water partition coefficient (Wildman–Crippen LogP) is 4.40. The van der Waals surface area contributed by atoms with Gasteiger partial charge in [-0.05, 0) is 58.8 Å². The normalized spacial score (nSPS) is 31.4. The van der Waals surface area contributed by atoms with Gasteiger partial charge in [0.15, 0.2) is 0 Å². The lowest BCUT2D eigenvalue weighted by atomic mass is 9.83. The average Bonchev–Trinajstić information content (AvgIpc) is 3.06. The highest BCUT2D eigenvalue weighted by Gasteiger charge is 2.34. The van der Waals surface area contributed by atoms with Crippen LogP contribution in [0.3, 0.4) is 0 Å². The zero-order valence-electron chi connectivity index (χ0n) is 17.5. The van der Waals surface area contributed by atoms with E-state index in [2.05, 4.69) is 0 Å². The second-order valence-corrected chi connectivity index (χ2v) is 9.55. The molecule has 1 saturated carbocycles. The van der Waals surface area contributed by atoms with Crippen LogP contribution in [0, 0.1) is 17.8 Å².